The highest BCUT2D eigenvalue weighted by molar-refractivity contribution is 9.10. The van der Waals surface area contributed by atoms with Crippen LogP contribution in [0, 0.1) is 6.92 Å². The van der Waals surface area contributed by atoms with E-state index < -0.39 is 0 Å². The van der Waals surface area contributed by atoms with Gasteiger partial charge in [-0.25, -0.2) is 0 Å². The van der Waals surface area contributed by atoms with Crippen LogP contribution in [0.25, 0.3) is 0 Å². The molecule has 0 bridgehead atoms. The molecule has 1 aromatic carbocycles. The lowest BCUT2D eigenvalue weighted by atomic mass is 9.82. The second-order valence-corrected chi connectivity index (χ2v) is 6.40. The van der Waals surface area contributed by atoms with Gasteiger partial charge >= 0.3 is 0 Å². The van der Waals surface area contributed by atoms with Gasteiger partial charge in [0.2, 0.25) is 0 Å². The summed E-state index contributed by atoms with van der Waals surface area (Å²) in [7, 11) is 0. The van der Waals surface area contributed by atoms with Crippen molar-refractivity contribution in [3.05, 3.63) is 51.8 Å². The molecule has 1 heterocycles. The quantitative estimate of drug-likeness (QED) is 0.850. The molecule has 0 aliphatic heterocycles. The third-order valence-corrected chi connectivity index (χ3v) is 5.01. The molecular formula is C17H24BrN3. The van der Waals surface area contributed by atoms with Crippen molar-refractivity contribution in [1.82, 2.24) is 9.78 Å². The molecule has 0 aliphatic rings. The molecule has 0 radical (unpaired) electrons. The fourth-order valence-electron chi connectivity index (χ4n) is 2.89. The number of nitrogens with two attached hydrogens (primary N) is 1. The van der Waals surface area contributed by atoms with Crippen LogP contribution in [-0.2, 0) is 18.5 Å². The van der Waals surface area contributed by atoms with Gasteiger partial charge in [0, 0.05) is 18.5 Å². The van der Waals surface area contributed by atoms with E-state index in [0.717, 1.165) is 36.0 Å². The van der Waals surface area contributed by atoms with Crippen LogP contribution in [0.4, 0.5) is 0 Å². The predicted octanol–water partition coefficient (Wildman–Crippen LogP) is 4.17. The molecule has 21 heavy (non-hydrogen) atoms. The summed E-state index contributed by atoms with van der Waals surface area (Å²) in [6, 6.07) is 10.4. The number of rotatable bonds is 6. The van der Waals surface area contributed by atoms with Gasteiger partial charge in [-0.3, -0.25) is 4.68 Å². The van der Waals surface area contributed by atoms with Crippen LogP contribution in [-0.4, -0.2) is 9.78 Å². The number of aryl methyl sites for hydroxylation is 2. The van der Waals surface area contributed by atoms with E-state index in [-0.39, 0.29) is 5.54 Å². The smallest absolute Gasteiger partial charge is 0.0738 e. The molecular weight excluding hydrogens is 326 g/mol. The van der Waals surface area contributed by atoms with Gasteiger partial charge in [-0.1, -0.05) is 43.7 Å². The Morgan fingerprint density at radius 1 is 1.24 bits per heavy atom. The molecule has 2 rings (SSSR count). The van der Waals surface area contributed by atoms with E-state index in [2.05, 4.69) is 63.8 Å². The number of hydrogen-bond donors (Lipinski definition) is 1. The van der Waals surface area contributed by atoms with Gasteiger partial charge in [0.25, 0.3) is 0 Å². The van der Waals surface area contributed by atoms with E-state index in [1.807, 2.05) is 13.0 Å². The van der Waals surface area contributed by atoms with Crippen LogP contribution in [0.5, 0.6) is 0 Å². The summed E-state index contributed by atoms with van der Waals surface area (Å²) in [5.74, 6) is 0. The fraction of sp³-hybridized carbons (Fsp3) is 0.471. The highest BCUT2D eigenvalue weighted by Crippen LogP contribution is 2.32. The van der Waals surface area contributed by atoms with Crippen LogP contribution >= 0.6 is 15.9 Å². The van der Waals surface area contributed by atoms with Crippen molar-refractivity contribution >= 4 is 15.9 Å². The van der Waals surface area contributed by atoms with Crippen LogP contribution in [0.15, 0.2) is 34.8 Å². The highest BCUT2D eigenvalue weighted by atomic mass is 79.9. The Labute approximate surface area is 135 Å². The second kappa shape index (κ2) is 6.75. The molecule has 1 atom stereocenters. The summed E-state index contributed by atoms with van der Waals surface area (Å²) in [5.41, 5.74) is 9.86. The van der Waals surface area contributed by atoms with Crippen molar-refractivity contribution in [1.29, 1.82) is 0 Å². The molecule has 1 aromatic heterocycles. The maximum Gasteiger partial charge on any atom is 0.0738 e. The number of halogens is 1. The summed E-state index contributed by atoms with van der Waals surface area (Å²) < 4.78 is 3.14. The van der Waals surface area contributed by atoms with E-state index in [4.69, 9.17) is 5.73 Å². The monoisotopic (exact) mass is 349 g/mol. The van der Waals surface area contributed by atoms with Crippen molar-refractivity contribution in [2.24, 2.45) is 5.73 Å². The Bertz CT molecular complexity index is 592. The van der Waals surface area contributed by atoms with Gasteiger partial charge in [-0.15, -0.1) is 0 Å². The summed E-state index contributed by atoms with van der Waals surface area (Å²) in [6.07, 6.45) is 2.81. The van der Waals surface area contributed by atoms with E-state index >= 15 is 0 Å². The predicted molar refractivity (Wildman–Crippen MR) is 91.3 cm³/mol. The lowest BCUT2D eigenvalue weighted by molar-refractivity contribution is 0.386. The third-order valence-electron chi connectivity index (χ3n) is 3.98. The first-order chi connectivity index (χ1) is 10.0. The van der Waals surface area contributed by atoms with Crippen molar-refractivity contribution in [2.75, 3.05) is 0 Å². The van der Waals surface area contributed by atoms with Gasteiger partial charge < -0.3 is 5.73 Å². The van der Waals surface area contributed by atoms with E-state index in [9.17, 15) is 0 Å². The SMILES string of the molecule is CCCC(N)(Cc1c(Br)c(C)nn1CC)c1ccccc1. The van der Waals surface area contributed by atoms with Crippen molar-refractivity contribution < 1.29 is 0 Å². The molecule has 114 valence electrons. The molecule has 0 saturated carbocycles. The fourth-order valence-corrected chi connectivity index (χ4v) is 3.31. The zero-order chi connectivity index (χ0) is 15.5. The summed E-state index contributed by atoms with van der Waals surface area (Å²) >= 11 is 3.68. The van der Waals surface area contributed by atoms with Crippen molar-refractivity contribution in [2.45, 2.75) is 52.1 Å². The summed E-state index contributed by atoms with van der Waals surface area (Å²) in [6.45, 7) is 7.18. The standard InChI is InChI=1S/C17H24BrN3/c1-4-11-17(19,14-9-7-6-8-10-14)12-15-16(18)13(3)20-21(15)5-2/h6-10H,4-5,11-12,19H2,1-3H3. The van der Waals surface area contributed by atoms with E-state index in [0.29, 0.717) is 0 Å². The lowest BCUT2D eigenvalue weighted by Gasteiger charge is -2.30. The Morgan fingerprint density at radius 3 is 2.48 bits per heavy atom. The Kier molecular flexibility index (Phi) is 5.22. The molecule has 3 nitrogen and oxygen atoms in total. The van der Waals surface area contributed by atoms with Crippen molar-refractivity contribution in [3.8, 4) is 0 Å². The molecule has 0 aliphatic carbocycles. The normalized spacial score (nSPS) is 14.1. The molecule has 4 heteroatoms. The van der Waals surface area contributed by atoms with E-state index in [1.54, 1.807) is 0 Å². The van der Waals surface area contributed by atoms with E-state index in [1.165, 1.54) is 11.3 Å². The molecule has 2 aromatic rings. The van der Waals surface area contributed by atoms with Crippen LogP contribution in [0.1, 0.15) is 43.6 Å². The van der Waals surface area contributed by atoms with Crippen LogP contribution in [0.3, 0.4) is 0 Å². The summed E-state index contributed by atoms with van der Waals surface area (Å²) in [5, 5.41) is 4.58. The Hall–Kier alpha value is -1.13. The molecule has 0 spiro atoms. The van der Waals surface area contributed by atoms with Crippen LogP contribution < -0.4 is 5.73 Å². The highest BCUT2D eigenvalue weighted by Gasteiger charge is 2.29. The largest absolute Gasteiger partial charge is 0.321 e. The van der Waals surface area contributed by atoms with Crippen LogP contribution in [0.2, 0.25) is 0 Å². The summed E-state index contributed by atoms with van der Waals surface area (Å²) in [4.78, 5) is 0. The van der Waals surface area contributed by atoms with Crippen molar-refractivity contribution in [3.63, 3.8) is 0 Å². The maximum atomic E-state index is 6.80. The van der Waals surface area contributed by atoms with Gasteiger partial charge in [0.05, 0.1) is 15.9 Å². The minimum atomic E-state index is -0.349. The molecule has 1 unspecified atom stereocenters. The average Bonchev–Trinajstić information content (AvgIpc) is 2.76. The van der Waals surface area contributed by atoms with Gasteiger partial charge in [-0.05, 0) is 41.8 Å². The number of hydrogen-bond acceptors (Lipinski definition) is 2. The Balaban J connectivity index is 2.41. The topological polar surface area (TPSA) is 43.8 Å². The van der Waals surface area contributed by atoms with Gasteiger partial charge in [0.1, 0.15) is 0 Å². The minimum absolute atomic E-state index is 0.349. The lowest BCUT2D eigenvalue weighted by Crippen LogP contribution is -2.39. The number of nitrogens with zero attached hydrogens (tertiary/aromatic N) is 2. The number of benzene rings is 1. The molecule has 0 fully saturated rings. The zero-order valence-electron chi connectivity index (χ0n) is 13.1. The first kappa shape index (κ1) is 16.2. The van der Waals surface area contributed by atoms with Gasteiger partial charge in [-0.2, -0.15) is 5.10 Å². The average molecular weight is 350 g/mol. The maximum absolute atomic E-state index is 6.80. The Morgan fingerprint density at radius 2 is 1.90 bits per heavy atom. The first-order valence-corrected chi connectivity index (χ1v) is 8.37. The minimum Gasteiger partial charge on any atom is -0.321 e. The number of aromatic nitrogens is 2. The third kappa shape index (κ3) is 3.38. The second-order valence-electron chi connectivity index (χ2n) is 5.61. The first-order valence-electron chi connectivity index (χ1n) is 7.58. The zero-order valence-corrected chi connectivity index (χ0v) is 14.7. The molecule has 0 saturated heterocycles. The molecule has 2 N–H and O–H groups in total. The van der Waals surface area contributed by atoms with Gasteiger partial charge in [0.15, 0.2) is 0 Å². The molecule has 0 amide bonds.